The predicted molar refractivity (Wildman–Crippen MR) is 101 cm³/mol. The molecule has 2 aromatic rings. The Kier molecular flexibility index (Phi) is 6.97. The van der Waals surface area contributed by atoms with Gasteiger partial charge in [-0.15, -0.1) is 0 Å². The van der Waals surface area contributed by atoms with E-state index in [4.69, 9.17) is 4.74 Å². The summed E-state index contributed by atoms with van der Waals surface area (Å²) < 4.78 is 5.07. The first-order valence-electron chi connectivity index (χ1n) is 8.62. The molecule has 0 heterocycles. The molecule has 0 spiro atoms. The number of benzene rings is 2. The lowest BCUT2D eigenvalue weighted by atomic mass is 9.86. The summed E-state index contributed by atoms with van der Waals surface area (Å²) in [6, 6.07) is 12.5. The smallest absolute Gasteiger partial charge is 0.319 e. The second kappa shape index (κ2) is 9.40. The molecular weight excluding hydrogens is 364 g/mol. The Morgan fingerprint density at radius 1 is 1.07 bits per heavy atom. The molecule has 0 aromatic heterocycles. The maximum absolute atomic E-state index is 13.1. The summed E-state index contributed by atoms with van der Waals surface area (Å²) in [4.78, 5) is 47.8. The summed E-state index contributed by atoms with van der Waals surface area (Å²) in [7, 11) is 0. The number of nitrogens with zero attached hydrogens (tertiary/aromatic N) is 1. The number of amides is 1. The number of nitro groups is 1. The van der Waals surface area contributed by atoms with Crippen LogP contribution in [0.2, 0.25) is 0 Å². The number of hydrogen-bond donors (Lipinski definition) is 1. The Hall–Kier alpha value is -3.55. The zero-order chi connectivity index (χ0) is 20.7. The first kappa shape index (κ1) is 20.8. The largest absolute Gasteiger partial charge is 0.465 e. The molecule has 0 aliphatic heterocycles. The van der Waals surface area contributed by atoms with Gasteiger partial charge in [-0.3, -0.25) is 24.5 Å². The van der Waals surface area contributed by atoms with Gasteiger partial charge in [0.1, 0.15) is 5.92 Å². The van der Waals surface area contributed by atoms with E-state index in [0.29, 0.717) is 5.56 Å². The van der Waals surface area contributed by atoms with Crippen molar-refractivity contribution < 1.29 is 24.0 Å². The normalized spacial score (nSPS) is 12.5. The molecule has 8 heteroatoms. The number of non-ortho nitro benzene ring substituents is 1. The third-order valence-corrected chi connectivity index (χ3v) is 4.04. The molecular formula is C20H20N2O6. The molecule has 0 bridgehead atoms. The molecule has 0 saturated heterocycles. The summed E-state index contributed by atoms with van der Waals surface area (Å²) in [6.07, 6.45) is 0. The van der Waals surface area contributed by atoms with E-state index in [1.54, 1.807) is 37.3 Å². The fourth-order valence-electron chi connectivity index (χ4n) is 2.79. The van der Waals surface area contributed by atoms with Crippen LogP contribution in [0.4, 0.5) is 5.69 Å². The van der Waals surface area contributed by atoms with Crippen LogP contribution < -0.4 is 5.32 Å². The molecule has 2 aromatic carbocycles. The van der Waals surface area contributed by atoms with Gasteiger partial charge >= 0.3 is 5.97 Å². The molecule has 1 N–H and O–H groups in total. The van der Waals surface area contributed by atoms with Crippen molar-refractivity contribution in [1.29, 1.82) is 0 Å². The van der Waals surface area contributed by atoms with Gasteiger partial charge in [0.05, 0.1) is 17.6 Å². The Morgan fingerprint density at radius 2 is 1.68 bits per heavy atom. The van der Waals surface area contributed by atoms with E-state index < -0.39 is 34.5 Å². The lowest BCUT2D eigenvalue weighted by Gasteiger charge is -2.25. The third-order valence-electron chi connectivity index (χ3n) is 4.04. The Balaban J connectivity index is 2.51. The van der Waals surface area contributed by atoms with Crippen molar-refractivity contribution in [2.45, 2.75) is 19.9 Å². The highest BCUT2D eigenvalue weighted by molar-refractivity contribution is 6.09. The zero-order valence-electron chi connectivity index (χ0n) is 15.5. The van der Waals surface area contributed by atoms with Crippen LogP contribution in [-0.2, 0) is 14.3 Å². The van der Waals surface area contributed by atoms with Gasteiger partial charge in [-0.2, -0.15) is 0 Å². The van der Waals surface area contributed by atoms with E-state index in [1.807, 2.05) is 0 Å². The van der Waals surface area contributed by atoms with E-state index >= 15 is 0 Å². The quantitative estimate of drug-likeness (QED) is 0.246. The van der Waals surface area contributed by atoms with Crippen molar-refractivity contribution in [1.82, 2.24) is 5.32 Å². The maximum Gasteiger partial charge on any atom is 0.319 e. The molecule has 0 radical (unpaired) electrons. The van der Waals surface area contributed by atoms with Crippen LogP contribution in [-0.4, -0.2) is 29.2 Å². The summed E-state index contributed by atoms with van der Waals surface area (Å²) >= 11 is 0. The van der Waals surface area contributed by atoms with Crippen molar-refractivity contribution in [3.05, 3.63) is 75.8 Å². The molecule has 8 nitrogen and oxygen atoms in total. The fourth-order valence-corrected chi connectivity index (χ4v) is 2.79. The van der Waals surface area contributed by atoms with Crippen molar-refractivity contribution >= 4 is 23.3 Å². The van der Waals surface area contributed by atoms with E-state index in [2.05, 4.69) is 5.32 Å². The summed E-state index contributed by atoms with van der Waals surface area (Å²) in [5, 5.41) is 13.5. The molecule has 1 amide bonds. The maximum atomic E-state index is 13.1. The van der Waals surface area contributed by atoms with E-state index in [0.717, 1.165) is 0 Å². The average Bonchev–Trinajstić information content (AvgIpc) is 2.68. The average molecular weight is 384 g/mol. The number of nitro benzene ring substituents is 1. The van der Waals surface area contributed by atoms with Crippen LogP contribution in [0.15, 0.2) is 54.6 Å². The number of ketones is 1. The molecule has 0 aliphatic carbocycles. The molecule has 0 aliphatic rings. The Morgan fingerprint density at radius 3 is 2.18 bits per heavy atom. The lowest BCUT2D eigenvalue weighted by molar-refractivity contribution is -0.384. The van der Waals surface area contributed by atoms with Crippen molar-refractivity contribution in [2.24, 2.45) is 5.92 Å². The zero-order valence-corrected chi connectivity index (χ0v) is 15.5. The van der Waals surface area contributed by atoms with Gasteiger partial charge in [-0.25, -0.2) is 0 Å². The second-order valence-corrected chi connectivity index (χ2v) is 5.99. The van der Waals surface area contributed by atoms with E-state index in [1.165, 1.54) is 31.2 Å². The minimum Gasteiger partial charge on any atom is -0.465 e. The number of nitrogens with one attached hydrogen (secondary N) is 1. The highest BCUT2D eigenvalue weighted by Crippen LogP contribution is 2.28. The SMILES string of the molecule is CCOC(=O)[C@@H](C(=O)c1ccccc1)[C@@H](NC(C)=O)c1ccc([N+](=O)[O-])cc1. The van der Waals surface area contributed by atoms with Crippen molar-refractivity contribution in [3.8, 4) is 0 Å². The van der Waals surface area contributed by atoms with Gasteiger partial charge in [-0.05, 0) is 12.5 Å². The minimum atomic E-state index is -1.34. The van der Waals surface area contributed by atoms with Crippen LogP contribution in [0.1, 0.15) is 35.8 Å². The van der Waals surface area contributed by atoms with Gasteiger partial charge < -0.3 is 10.1 Å². The van der Waals surface area contributed by atoms with Crippen LogP contribution in [0.25, 0.3) is 0 Å². The van der Waals surface area contributed by atoms with Gasteiger partial charge in [0.15, 0.2) is 5.78 Å². The number of Topliss-reactive ketones (excluding diaryl/α,β-unsaturated/α-hetero) is 1. The molecule has 2 atom stereocenters. The standard InChI is InChI=1S/C20H20N2O6/c1-3-28-20(25)17(19(24)15-7-5-4-6-8-15)18(21-13(2)23)14-9-11-16(12-10-14)22(26)27/h4-12,17-18H,3H2,1-2H3,(H,21,23)/t17-,18+/m1/s1. The van der Waals surface area contributed by atoms with Gasteiger partial charge in [0.2, 0.25) is 5.91 Å². The second-order valence-electron chi connectivity index (χ2n) is 5.99. The molecule has 2 rings (SSSR count). The molecule has 146 valence electrons. The number of hydrogen-bond acceptors (Lipinski definition) is 6. The fraction of sp³-hybridized carbons (Fsp3) is 0.250. The number of ether oxygens (including phenoxy) is 1. The molecule has 0 fully saturated rings. The molecule has 28 heavy (non-hydrogen) atoms. The highest BCUT2D eigenvalue weighted by atomic mass is 16.6. The Labute approximate surface area is 161 Å². The lowest BCUT2D eigenvalue weighted by Crippen LogP contribution is -2.40. The van der Waals surface area contributed by atoms with Gasteiger partial charge in [-0.1, -0.05) is 42.5 Å². The summed E-state index contributed by atoms with van der Waals surface area (Å²) in [5.74, 6) is -3.10. The van der Waals surface area contributed by atoms with E-state index in [9.17, 15) is 24.5 Å². The first-order chi connectivity index (χ1) is 13.3. The van der Waals surface area contributed by atoms with Crippen molar-refractivity contribution in [2.75, 3.05) is 6.61 Å². The molecule has 0 saturated carbocycles. The number of carbonyl (C=O) groups excluding carboxylic acids is 3. The third kappa shape index (κ3) is 5.00. The van der Waals surface area contributed by atoms with Crippen LogP contribution in [0, 0.1) is 16.0 Å². The minimum absolute atomic E-state index is 0.0600. The van der Waals surface area contributed by atoms with E-state index in [-0.39, 0.29) is 17.9 Å². The van der Waals surface area contributed by atoms with Crippen LogP contribution in [0.3, 0.4) is 0 Å². The van der Waals surface area contributed by atoms with Crippen LogP contribution in [0.5, 0.6) is 0 Å². The highest BCUT2D eigenvalue weighted by Gasteiger charge is 2.38. The summed E-state index contributed by atoms with van der Waals surface area (Å²) in [6.45, 7) is 2.93. The number of esters is 1. The van der Waals surface area contributed by atoms with Gasteiger partial charge in [0.25, 0.3) is 5.69 Å². The van der Waals surface area contributed by atoms with Crippen LogP contribution >= 0.6 is 0 Å². The van der Waals surface area contributed by atoms with Crippen molar-refractivity contribution in [3.63, 3.8) is 0 Å². The first-order valence-corrected chi connectivity index (χ1v) is 8.62. The monoisotopic (exact) mass is 384 g/mol. The molecule has 0 unspecified atom stereocenters. The van der Waals surface area contributed by atoms with Gasteiger partial charge in [0, 0.05) is 24.6 Å². The topological polar surface area (TPSA) is 116 Å². The Bertz CT molecular complexity index is 864. The predicted octanol–water partition coefficient (Wildman–Crippen LogP) is 2.83. The number of carbonyl (C=O) groups is 3. The number of rotatable bonds is 8. The summed E-state index contributed by atoms with van der Waals surface area (Å²) in [5.41, 5.74) is 0.522.